The third-order valence-electron chi connectivity index (χ3n) is 4.38. The van der Waals surface area contributed by atoms with Crippen molar-refractivity contribution in [2.75, 3.05) is 11.9 Å². The van der Waals surface area contributed by atoms with Gasteiger partial charge in [-0.3, -0.25) is 5.43 Å². The minimum absolute atomic E-state index is 0.387. The van der Waals surface area contributed by atoms with Crippen LogP contribution < -0.4 is 15.5 Å². The van der Waals surface area contributed by atoms with Gasteiger partial charge in [0.05, 0.1) is 29.5 Å². The lowest BCUT2D eigenvalue weighted by molar-refractivity contribution is 0.340. The van der Waals surface area contributed by atoms with E-state index in [0.717, 1.165) is 38.8 Å². The lowest BCUT2D eigenvalue weighted by Crippen LogP contribution is -2.24. The van der Waals surface area contributed by atoms with Gasteiger partial charge in [0.15, 0.2) is 5.11 Å². The highest BCUT2D eigenvalue weighted by atomic mass is 32.1. The highest BCUT2D eigenvalue weighted by Crippen LogP contribution is 2.25. The first-order valence-corrected chi connectivity index (χ1v) is 9.76. The van der Waals surface area contributed by atoms with Crippen LogP contribution in [0.2, 0.25) is 0 Å². The molecule has 0 saturated heterocycles. The van der Waals surface area contributed by atoms with Gasteiger partial charge in [0, 0.05) is 16.3 Å². The molecule has 0 bridgehead atoms. The maximum absolute atomic E-state index is 5.60. The van der Waals surface area contributed by atoms with E-state index in [2.05, 4.69) is 28.0 Å². The zero-order chi connectivity index (χ0) is 20.1. The van der Waals surface area contributed by atoms with E-state index in [-0.39, 0.29) is 0 Å². The van der Waals surface area contributed by atoms with Gasteiger partial charge < -0.3 is 10.1 Å². The molecule has 29 heavy (non-hydrogen) atoms. The molecule has 5 nitrogen and oxygen atoms in total. The first-order chi connectivity index (χ1) is 14.2. The lowest BCUT2D eigenvalue weighted by Gasteiger charge is -2.11. The van der Waals surface area contributed by atoms with E-state index < -0.39 is 0 Å². The topological polar surface area (TPSA) is 58.5 Å². The number of rotatable bonds is 5. The summed E-state index contributed by atoms with van der Waals surface area (Å²) in [6.45, 7) is 2.55. The fraction of sp³-hybridized carbons (Fsp3) is 0.0870. The number of benzene rings is 3. The number of hydrazone groups is 1. The summed E-state index contributed by atoms with van der Waals surface area (Å²) < 4.78 is 5.60. The molecule has 0 spiro atoms. The Kier molecular flexibility index (Phi) is 5.63. The van der Waals surface area contributed by atoms with Crippen molar-refractivity contribution in [3.8, 4) is 5.75 Å². The van der Waals surface area contributed by atoms with Gasteiger partial charge in [0.25, 0.3) is 0 Å². The summed E-state index contributed by atoms with van der Waals surface area (Å²) in [4.78, 5) is 4.79. The molecular weight excluding hydrogens is 380 g/mol. The van der Waals surface area contributed by atoms with Gasteiger partial charge in [-0.1, -0.05) is 42.5 Å². The van der Waals surface area contributed by atoms with E-state index in [1.165, 1.54) is 0 Å². The van der Waals surface area contributed by atoms with Crippen molar-refractivity contribution in [1.82, 2.24) is 10.4 Å². The Morgan fingerprint density at radius 2 is 1.83 bits per heavy atom. The Morgan fingerprint density at radius 1 is 1.03 bits per heavy atom. The number of hydrogen-bond acceptors (Lipinski definition) is 4. The summed E-state index contributed by atoms with van der Waals surface area (Å²) in [5.74, 6) is 0.782. The van der Waals surface area contributed by atoms with E-state index in [0.29, 0.717) is 11.7 Å². The number of thiocarbonyl (C=S) groups is 1. The SMILES string of the molecule is CCOc1ccccc1C=NNC(=S)Nc1cccc2cc3ccccc3nc12. The molecule has 1 aromatic heterocycles. The van der Waals surface area contributed by atoms with Crippen molar-refractivity contribution in [2.45, 2.75) is 6.92 Å². The number of pyridine rings is 1. The van der Waals surface area contributed by atoms with Crippen molar-refractivity contribution in [1.29, 1.82) is 0 Å². The Bertz CT molecular complexity index is 1210. The monoisotopic (exact) mass is 400 g/mol. The fourth-order valence-corrected chi connectivity index (χ4v) is 3.25. The van der Waals surface area contributed by atoms with Crippen molar-refractivity contribution >= 4 is 51.0 Å². The lowest BCUT2D eigenvalue weighted by atomic mass is 10.1. The molecule has 0 unspecified atom stereocenters. The molecule has 0 fully saturated rings. The molecule has 0 radical (unpaired) electrons. The van der Waals surface area contributed by atoms with Crippen LogP contribution in [0.4, 0.5) is 5.69 Å². The zero-order valence-corrected chi connectivity index (χ0v) is 16.7. The van der Waals surface area contributed by atoms with Crippen LogP contribution in [0.1, 0.15) is 12.5 Å². The average Bonchev–Trinajstić information content (AvgIpc) is 2.74. The van der Waals surface area contributed by atoms with Gasteiger partial charge in [-0.05, 0) is 49.5 Å². The number of hydrogen-bond donors (Lipinski definition) is 2. The standard InChI is InChI=1S/C23H20N4OS/c1-2-28-21-13-6-4-9-18(21)15-24-27-23(29)26-20-12-7-10-17-14-16-8-3-5-11-19(16)25-22(17)20/h3-15H,2H2,1H3,(H2,26,27,29). The number of fused-ring (bicyclic) bond motifs is 2. The summed E-state index contributed by atoms with van der Waals surface area (Å²) in [5, 5.41) is 9.96. The first kappa shape index (κ1) is 18.8. The van der Waals surface area contributed by atoms with Crippen LogP contribution in [-0.2, 0) is 0 Å². The molecule has 3 aromatic carbocycles. The molecule has 0 amide bonds. The van der Waals surface area contributed by atoms with Crippen molar-refractivity contribution < 1.29 is 4.74 Å². The number of aromatic nitrogens is 1. The van der Waals surface area contributed by atoms with Gasteiger partial charge in [0.2, 0.25) is 0 Å². The molecule has 6 heteroatoms. The fourth-order valence-electron chi connectivity index (χ4n) is 3.09. The predicted octanol–water partition coefficient (Wildman–Crippen LogP) is 5.11. The zero-order valence-electron chi connectivity index (χ0n) is 15.9. The smallest absolute Gasteiger partial charge is 0.191 e. The summed E-state index contributed by atoms with van der Waals surface area (Å²) in [7, 11) is 0. The number of ether oxygens (including phenoxy) is 1. The van der Waals surface area contributed by atoms with Crippen LogP contribution >= 0.6 is 12.2 Å². The van der Waals surface area contributed by atoms with Gasteiger partial charge in [-0.25, -0.2) is 4.98 Å². The first-order valence-electron chi connectivity index (χ1n) is 9.35. The van der Waals surface area contributed by atoms with Gasteiger partial charge in [-0.15, -0.1) is 0 Å². The third-order valence-corrected chi connectivity index (χ3v) is 4.58. The molecule has 2 N–H and O–H groups in total. The Morgan fingerprint density at radius 3 is 2.72 bits per heavy atom. The van der Waals surface area contributed by atoms with Crippen molar-refractivity contribution in [3.63, 3.8) is 0 Å². The molecular formula is C23H20N4OS. The Labute approximate surface area is 174 Å². The summed E-state index contributed by atoms with van der Waals surface area (Å²) in [6.07, 6.45) is 1.69. The maximum atomic E-state index is 5.60. The van der Waals surface area contributed by atoms with Crippen LogP contribution in [0.15, 0.2) is 77.9 Å². The molecule has 0 atom stereocenters. The summed E-state index contributed by atoms with van der Waals surface area (Å²) in [6, 6.07) is 23.9. The molecule has 144 valence electrons. The second-order valence-corrected chi connectivity index (χ2v) is 6.76. The number of nitrogens with one attached hydrogen (secondary N) is 2. The number of anilines is 1. The second kappa shape index (κ2) is 8.67. The van der Waals surface area contributed by atoms with Crippen LogP contribution in [0.3, 0.4) is 0 Å². The van der Waals surface area contributed by atoms with Crippen LogP contribution in [0, 0.1) is 0 Å². The van der Waals surface area contributed by atoms with Crippen molar-refractivity contribution in [2.24, 2.45) is 5.10 Å². The largest absolute Gasteiger partial charge is 0.493 e. The number of para-hydroxylation sites is 3. The number of nitrogens with zero attached hydrogens (tertiary/aromatic N) is 2. The normalized spacial score (nSPS) is 11.1. The minimum Gasteiger partial charge on any atom is -0.493 e. The van der Waals surface area contributed by atoms with Gasteiger partial charge in [-0.2, -0.15) is 5.10 Å². The van der Waals surface area contributed by atoms with Gasteiger partial charge >= 0.3 is 0 Å². The van der Waals surface area contributed by atoms with Crippen LogP contribution in [0.25, 0.3) is 21.8 Å². The van der Waals surface area contributed by atoms with Gasteiger partial charge in [0.1, 0.15) is 5.75 Å². The predicted molar refractivity (Wildman–Crippen MR) is 124 cm³/mol. The summed E-state index contributed by atoms with van der Waals surface area (Å²) >= 11 is 5.40. The second-order valence-electron chi connectivity index (χ2n) is 6.35. The third kappa shape index (κ3) is 4.33. The molecule has 4 rings (SSSR count). The van der Waals surface area contributed by atoms with E-state index in [4.69, 9.17) is 21.9 Å². The average molecular weight is 401 g/mol. The Hall–Kier alpha value is -3.51. The molecule has 4 aromatic rings. The van der Waals surface area contributed by atoms with Crippen LogP contribution in [-0.4, -0.2) is 22.9 Å². The molecule has 0 aliphatic rings. The molecule has 0 aliphatic heterocycles. The van der Waals surface area contributed by atoms with E-state index >= 15 is 0 Å². The maximum Gasteiger partial charge on any atom is 0.191 e. The highest BCUT2D eigenvalue weighted by molar-refractivity contribution is 7.80. The minimum atomic E-state index is 0.387. The van der Waals surface area contributed by atoms with E-state index in [9.17, 15) is 0 Å². The van der Waals surface area contributed by atoms with E-state index in [1.807, 2.05) is 67.6 Å². The van der Waals surface area contributed by atoms with E-state index in [1.54, 1.807) is 6.21 Å². The summed E-state index contributed by atoms with van der Waals surface area (Å²) in [5.41, 5.74) is 6.37. The quantitative estimate of drug-likeness (QED) is 0.211. The molecule has 0 saturated carbocycles. The molecule has 0 aliphatic carbocycles. The highest BCUT2D eigenvalue weighted by Gasteiger charge is 2.06. The molecule has 1 heterocycles. The Balaban J connectivity index is 1.51. The van der Waals surface area contributed by atoms with Crippen LogP contribution in [0.5, 0.6) is 5.75 Å². The van der Waals surface area contributed by atoms with Crippen molar-refractivity contribution in [3.05, 3.63) is 78.4 Å².